The zero-order valence-corrected chi connectivity index (χ0v) is 12.7. The van der Waals surface area contributed by atoms with E-state index in [4.69, 9.17) is 14.6 Å². The van der Waals surface area contributed by atoms with E-state index in [0.29, 0.717) is 29.9 Å². The van der Waals surface area contributed by atoms with Crippen molar-refractivity contribution in [1.82, 2.24) is 5.32 Å². The Kier molecular flexibility index (Phi) is 6.02. The van der Waals surface area contributed by atoms with Crippen LogP contribution in [0.3, 0.4) is 0 Å². The van der Waals surface area contributed by atoms with E-state index >= 15 is 0 Å². The molecule has 1 amide bonds. The van der Waals surface area contributed by atoms with Crippen LogP contribution >= 0.6 is 0 Å². The van der Waals surface area contributed by atoms with Crippen LogP contribution in [0.5, 0.6) is 11.5 Å². The SMILES string of the molecule is CCC[C@@H](NC(=O)c1cc(OC)c(C)c(OC)c1)C(=O)O. The first kappa shape index (κ1) is 16.8. The number of hydrogen-bond donors (Lipinski definition) is 2. The van der Waals surface area contributed by atoms with Crippen molar-refractivity contribution < 1.29 is 24.2 Å². The topological polar surface area (TPSA) is 84.9 Å². The summed E-state index contributed by atoms with van der Waals surface area (Å²) in [6.07, 6.45) is 1.04. The molecule has 0 saturated heterocycles. The van der Waals surface area contributed by atoms with Gasteiger partial charge in [0.2, 0.25) is 0 Å². The second-order valence-corrected chi connectivity index (χ2v) is 4.66. The number of carboxylic acids is 1. The van der Waals surface area contributed by atoms with Gasteiger partial charge in [-0.05, 0) is 25.5 Å². The summed E-state index contributed by atoms with van der Waals surface area (Å²) < 4.78 is 10.4. The summed E-state index contributed by atoms with van der Waals surface area (Å²) in [7, 11) is 3.00. The van der Waals surface area contributed by atoms with Gasteiger partial charge in [0.1, 0.15) is 17.5 Å². The Morgan fingerprint density at radius 3 is 2.14 bits per heavy atom. The summed E-state index contributed by atoms with van der Waals surface area (Å²) in [5, 5.41) is 11.6. The van der Waals surface area contributed by atoms with Crippen LogP contribution in [0.15, 0.2) is 12.1 Å². The molecular formula is C15H21NO5. The maximum atomic E-state index is 12.2. The third-order valence-corrected chi connectivity index (χ3v) is 3.20. The molecule has 0 radical (unpaired) electrons. The molecule has 0 bridgehead atoms. The lowest BCUT2D eigenvalue weighted by molar-refractivity contribution is -0.139. The highest BCUT2D eigenvalue weighted by molar-refractivity contribution is 5.97. The Hall–Kier alpha value is -2.24. The quantitative estimate of drug-likeness (QED) is 0.803. The van der Waals surface area contributed by atoms with Gasteiger partial charge in [-0.15, -0.1) is 0 Å². The number of rotatable bonds is 7. The van der Waals surface area contributed by atoms with Crippen LogP contribution in [0.1, 0.15) is 35.7 Å². The fourth-order valence-electron chi connectivity index (χ4n) is 2.00. The Morgan fingerprint density at radius 1 is 1.24 bits per heavy atom. The lowest BCUT2D eigenvalue weighted by atomic mass is 10.1. The molecule has 0 aromatic heterocycles. The number of nitrogens with one attached hydrogen (secondary N) is 1. The summed E-state index contributed by atoms with van der Waals surface area (Å²) in [5.74, 6) is -0.479. The van der Waals surface area contributed by atoms with Gasteiger partial charge in [-0.3, -0.25) is 4.79 Å². The van der Waals surface area contributed by atoms with Crippen LogP contribution in [0, 0.1) is 6.92 Å². The molecule has 6 nitrogen and oxygen atoms in total. The molecular weight excluding hydrogens is 274 g/mol. The molecule has 0 heterocycles. The molecule has 21 heavy (non-hydrogen) atoms. The predicted molar refractivity (Wildman–Crippen MR) is 78.1 cm³/mol. The summed E-state index contributed by atoms with van der Waals surface area (Å²) in [4.78, 5) is 23.3. The maximum absolute atomic E-state index is 12.2. The number of carbonyl (C=O) groups is 2. The molecule has 1 aromatic carbocycles. The maximum Gasteiger partial charge on any atom is 0.326 e. The normalized spacial score (nSPS) is 11.6. The molecule has 1 atom stereocenters. The highest BCUT2D eigenvalue weighted by atomic mass is 16.5. The molecule has 0 fully saturated rings. The molecule has 0 spiro atoms. The van der Waals surface area contributed by atoms with Crippen LogP contribution in [0.25, 0.3) is 0 Å². The fourth-order valence-corrected chi connectivity index (χ4v) is 2.00. The van der Waals surface area contributed by atoms with Crippen molar-refractivity contribution in [3.63, 3.8) is 0 Å². The molecule has 1 rings (SSSR count). The number of carboxylic acid groups (broad SMARTS) is 1. The molecule has 0 aliphatic rings. The zero-order chi connectivity index (χ0) is 16.0. The number of carbonyl (C=O) groups excluding carboxylic acids is 1. The summed E-state index contributed by atoms with van der Waals surface area (Å²) >= 11 is 0. The van der Waals surface area contributed by atoms with E-state index in [2.05, 4.69) is 5.32 Å². The van der Waals surface area contributed by atoms with E-state index < -0.39 is 17.9 Å². The van der Waals surface area contributed by atoms with Gasteiger partial charge in [0, 0.05) is 11.1 Å². The minimum Gasteiger partial charge on any atom is -0.496 e. The van der Waals surface area contributed by atoms with Crippen molar-refractivity contribution in [1.29, 1.82) is 0 Å². The fraction of sp³-hybridized carbons (Fsp3) is 0.467. The van der Waals surface area contributed by atoms with E-state index in [1.54, 1.807) is 12.1 Å². The Balaban J connectivity index is 3.04. The van der Waals surface area contributed by atoms with Crippen LogP contribution in [0.2, 0.25) is 0 Å². The number of amides is 1. The third-order valence-electron chi connectivity index (χ3n) is 3.20. The van der Waals surface area contributed by atoms with E-state index in [1.807, 2.05) is 13.8 Å². The highest BCUT2D eigenvalue weighted by Crippen LogP contribution is 2.29. The Labute approximate surface area is 124 Å². The molecule has 116 valence electrons. The average Bonchev–Trinajstić information content (AvgIpc) is 2.46. The molecule has 2 N–H and O–H groups in total. The van der Waals surface area contributed by atoms with Crippen LogP contribution in [-0.4, -0.2) is 37.2 Å². The van der Waals surface area contributed by atoms with Gasteiger partial charge >= 0.3 is 5.97 Å². The van der Waals surface area contributed by atoms with Gasteiger partial charge in [0.15, 0.2) is 0 Å². The summed E-state index contributed by atoms with van der Waals surface area (Å²) in [6.45, 7) is 3.68. The van der Waals surface area contributed by atoms with Crippen LogP contribution in [0.4, 0.5) is 0 Å². The van der Waals surface area contributed by atoms with Crippen molar-refractivity contribution in [2.24, 2.45) is 0 Å². The van der Waals surface area contributed by atoms with Gasteiger partial charge in [-0.25, -0.2) is 4.79 Å². The Bertz CT molecular complexity index is 502. The largest absolute Gasteiger partial charge is 0.496 e. The van der Waals surface area contributed by atoms with Gasteiger partial charge in [0.05, 0.1) is 14.2 Å². The van der Waals surface area contributed by atoms with Gasteiger partial charge < -0.3 is 19.9 Å². The van der Waals surface area contributed by atoms with Crippen molar-refractivity contribution >= 4 is 11.9 Å². The second kappa shape index (κ2) is 7.52. The molecule has 1 aromatic rings. The van der Waals surface area contributed by atoms with E-state index in [9.17, 15) is 9.59 Å². The molecule has 0 aliphatic carbocycles. The van der Waals surface area contributed by atoms with Gasteiger partial charge in [-0.2, -0.15) is 0 Å². The third kappa shape index (κ3) is 4.11. The van der Waals surface area contributed by atoms with Crippen LogP contribution in [-0.2, 0) is 4.79 Å². The first-order valence-electron chi connectivity index (χ1n) is 6.70. The van der Waals surface area contributed by atoms with E-state index in [-0.39, 0.29) is 0 Å². The number of benzene rings is 1. The number of ether oxygens (including phenoxy) is 2. The minimum absolute atomic E-state index is 0.302. The Morgan fingerprint density at radius 2 is 1.76 bits per heavy atom. The predicted octanol–water partition coefficient (Wildman–Crippen LogP) is 2.00. The summed E-state index contributed by atoms with van der Waals surface area (Å²) in [5.41, 5.74) is 1.08. The van der Waals surface area contributed by atoms with Crippen molar-refractivity contribution in [3.8, 4) is 11.5 Å². The van der Waals surface area contributed by atoms with Crippen molar-refractivity contribution in [2.75, 3.05) is 14.2 Å². The first-order valence-corrected chi connectivity index (χ1v) is 6.70. The van der Waals surface area contributed by atoms with E-state index in [1.165, 1.54) is 14.2 Å². The number of aliphatic carboxylic acids is 1. The van der Waals surface area contributed by atoms with Crippen LogP contribution < -0.4 is 14.8 Å². The lowest BCUT2D eigenvalue weighted by Gasteiger charge is -2.16. The average molecular weight is 295 g/mol. The standard InChI is InChI=1S/C15H21NO5/c1-5-6-11(15(18)19)16-14(17)10-7-12(20-3)9(2)13(8-10)21-4/h7-8,11H,5-6H2,1-4H3,(H,16,17)(H,18,19)/t11-/m1/s1. The van der Waals surface area contributed by atoms with Crippen molar-refractivity contribution in [3.05, 3.63) is 23.3 Å². The van der Waals surface area contributed by atoms with E-state index in [0.717, 1.165) is 5.56 Å². The monoisotopic (exact) mass is 295 g/mol. The number of hydrogen-bond acceptors (Lipinski definition) is 4. The molecule has 0 saturated carbocycles. The van der Waals surface area contributed by atoms with Gasteiger partial charge in [-0.1, -0.05) is 13.3 Å². The molecule has 0 aliphatic heterocycles. The zero-order valence-electron chi connectivity index (χ0n) is 12.7. The van der Waals surface area contributed by atoms with Crippen molar-refractivity contribution in [2.45, 2.75) is 32.7 Å². The van der Waals surface area contributed by atoms with Gasteiger partial charge in [0.25, 0.3) is 5.91 Å². The molecule has 6 heteroatoms. The minimum atomic E-state index is -1.05. The first-order chi connectivity index (χ1) is 9.94. The smallest absolute Gasteiger partial charge is 0.326 e. The molecule has 0 unspecified atom stereocenters. The number of methoxy groups -OCH3 is 2. The lowest BCUT2D eigenvalue weighted by Crippen LogP contribution is -2.40. The highest BCUT2D eigenvalue weighted by Gasteiger charge is 2.21. The summed E-state index contributed by atoms with van der Waals surface area (Å²) in [6, 6.07) is 2.23. The second-order valence-electron chi connectivity index (χ2n) is 4.66.